The zero-order chi connectivity index (χ0) is 11.5. The van der Waals surface area contributed by atoms with Crippen LogP contribution in [0.4, 0.5) is 0 Å². The maximum atomic E-state index is 11.1. The second kappa shape index (κ2) is 5.17. The van der Waals surface area contributed by atoms with Gasteiger partial charge in [-0.3, -0.25) is 4.79 Å². The first-order valence-electron chi connectivity index (χ1n) is 6.68. The lowest BCUT2D eigenvalue weighted by Gasteiger charge is -2.32. The number of nitrogens with two attached hydrogens (primary N) is 1. The van der Waals surface area contributed by atoms with E-state index >= 15 is 0 Å². The number of nitrogens with zero attached hydrogens (tertiary/aromatic N) is 1. The zero-order valence-electron chi connectivity index (χ0n) is 10.3. The predicted octanol–water partition coefficient (Wildman–Crippen LogP) is 1.62. The van der Waals surface area contributed by atoms with Crippen LogP contribution in [0.1, 0.15) is 39.0 Å². The van der Waals surface area contributed by atoms with Gasteiger partial charge in [-0.05, 0) is 31.2 Å². The van der Waals surface area contributed by atoms with E-state index in [1.807, 2.05) is 0 Å². The summed E-state index contributed by atoms with van der Waals surface area (Å²) < 4.78 is 0. The number of primary amides is 1. The van der Waals surface area contributed by atoms with Crippen LogP contribution in [-0.4, -0.2) is 30.4 Å². The highest BCUT2D eigenvalue weighted by Crippen LogP contribution is 2.31. The molecule has 0 aromatic carbocycles. The van der Waals surface area contributed by atoms with Crippen molar-refractivity contribution in [2.75, 3.05) is 19.6 Å². The van der Waals surface area contributed by atoms with E-state index in [4.69, 9.17) is 5.73 Å². The smallest absolute Gasteiger partial charge is 0.221 e. The number of carbonyl (C=O) groups is 1. The Hall–Kier alpha value is -0.570. The van der Waals surface area contributed by atoms with Crippen molar-refractivity contribution in [2.45, 2.75) is 39.0 Å². The molecule has 1 aliphatic heterocycles. The molecule has 92 valence electrons. The number of rotatable bonds is 3. The van der Waals surface area contributed by atoms with Gasteiger partial charge in [-0.25, -0.2) is 0 Å². The summed E-state index contributed by atoms with van der Waals surface area (Å²) in [4.78, 5) is 13.5. The van der Waals surface area contributed by atoms with Crippen LogP contribution in [0.25, 0.3) is 0 Å². The van der Waals surface area contributed by atoms with Gasteiger partial charge in [0.2, 0.25) is 5.91 Å². The first-order valence-corrected chi connectivity index (χ1v) is 6.68. The van der Waals surface area contributed by atoms with Gasteiger partial charge in [0.15, 0.2) is 0 Å². The van der Waals surface area contributed by atoms with E-state index < -0.39 is 0 Å². The molecule has 1 saturated carbocycles. The minimum absolute atomic E-state index is 0.110. The van der Waals surface area contributed by atoms with Crippen molar-refractivity contribution in [3.63, 3.8) is 0 Å². The van der Waals surface area contributed by atoms with Crippen molar-refractivity contribution in [3.8, 4) is 0 Å². The Morgan fingerprint density at radius 3 is 2.69 bits per heavy atom. The van der Waals surface area contributed by atoms with Crippen LogP contribution < -0.4 is 5.73 Å². The second-order valence-corrected chi connectivity index (χ2v) is 5.67. The number of hydrogen-bond acceptors (Lipinski definition) is 2. The number of hydrogen-bond donors (Lipinski definition) is 1. The third-order valence-electron chi connectivity index (χ3n) is 4.46. The first-order chi connectivity index (χ1) is 7.66. The maximum absolute atomic E-state index is 11.1. The number of amides is 1. The van der Waals surface area contributed by atoms with Gasteiger partial charge < -0.3 is 10.6 Å². The standard InChI is InChI=1S/C13H24N2O/c1-10-4-2-3-5-11(10)8-15-7-6-12(9-15)13(14)16/h10-12H,2-9H2,1H3,(H2,14,16)/t10-,11+,12-/m1/s1. The normalized spacial score (nSPS) is 36.4. The Balaban J connectivity index is 1.79. The highest BCUT2D eigenvalue weighted by atomic mass is 16.1. The molecule has 0 spiro atoms. The predicted molar refractivity (Wildman–Crippen MR) is 64.9 cm³/mol. The van der Waals surface area contributed by atoms with Crippen molar-refractivity contribution in [1.29, 1.82) is 0 Å². The molecule has 3 atom stereocenters. The fourth-order valence-corrected chi connectivity index (χ4v) is 3.23. The van der Waals surface area contributed by atoms with Gasteiger partial charge in [0.05, 0.1) is 5.92 Å². The van der Waals surface area contributed by atoms with Crippen molar-refractivity contribution in [2.24, 2.45) is 23.5 Å². The average molecular weight is 224 g/mol. The van der Waals surface area contributed by atoms with E-state index in [0.717, 1.165) is 31.3 Å². The molecule has 2 rings (SSSR count). The molecule has 1 aliphatic carbocycles. The fraction of sp³-hybridized carbons (Fsp3) is 0.923. The molecular formula is C13H24N2O. The highest BCUT2D eigenvalue weighted by molar-refractivity contribution is 5.77. The lowest BCUT2D eigenvalue weighted by molar-refractivity contribution is -0.121. The summed E-state index contributed by atoms with van der Waals surface area (Å²) >= 11 is 0. The Morgan fingerprint density at radius 1 is 1.31 bits per heavy atom. The average Bonchev–Trinajstić information content (AvgIpc) is 2.70. The van der Waals surface area contributed by atoms with E-state index in [1.165, 1.54) is 32.2 Å². The first kappa shape index (κ1) is 11.9. The second-order valence-electron chi connectivity index (χ2n) is 5.67. The summed E-state index contributed by atoms with van der Waals surface area (Å²) in [5.74, 6) is 1.71. The molecule has 0 aromatic rings. The molecule has 1 amide bonds. The van der Waals surface area contributed by atoms with Crippen molar-refractivity contribution in [1.82, 2.24) is 4.90 Å². The highest BCUT2D eigenvalue weighted by Gasteiger charge is 2.30. The molecule has 3 nitrogen and oxygen atoms in total. The molecule has 1 saturated heterocycles. The van der Waals surface area contributed by atoms with Crippen molar-refractivity contribution in [3.05, 3.63) is 0 Å². The molecule has 2 fully saturated rings. The van der Waals surface area contributed by atoms with Crippen LogP contribution in [0.15, 0.2) is 0 Å². The molecule has 0 aromatic heterocycles. The minimum Gasteiger partial charge on any atom is -0.369 e. The van der Waals surface area contributed by atoms with Gasteiger partial charge >= 0.3 is 0 Å². The fourth-order valence-electron chi connectivity index (χ4n) is 3.23. The summed E-state index contributed by atoms with van der Waals surface area (Å²) in [6, 6.07) is 0. The molecule has 16 heavy (non-hydrogen) atoms. The topological polar surface area (TPSA) is 46.3 Å². The molecule has 2 aliphatic rings. The van der Waals surface area contributed by atoms with E-state index in [9.17, 15) is 4.79 Å². The molecule has 0 unspecified atom stereocenters. The monoisotopic (exact) mass is 224 g/mol. The molecule has 0 radical (unpaired) electrons. The lowest BCUT2D eigenvalue weighted by Crippen LogP contribution is -2.33. The third kappa shape index (κ3) is 2.76. The largest absolute Gasteiger partial charge is 0.369 e. The van der Waals surface area contributed by atoms with E-state index in [-0.39, 0.29) is 11.8 Å². The summed E-state index contributed by atoms with van der Waals surface area (Å²) in [6.07, 6.45) is 6.52. The maximum Gasteiger partial charge on any atom is 0.221 e. The Morgan fingerprint density at radius 2 is 2.06 bits per heavy atom. The van der Waals surface area contributed by atoms with Gasteiger partial charge in [0.1, 0.15) is 0 Å². The van der Waals surface area contributed by atoms with Crippen LogP contribution in [0, 0.1) is 17.8 Å². The van der Waals surface area contributed by atoms with Crippen LogP contribution in [0.2, 0.25) is 0 Å². The number of carbonyl (C=O) groups excluding carboxylic acids is 1. The van der Waals surface area contributed by atoms with Crippen LogP contribution in [0.3, 0.4) is 0 Å². The molecule has 3 heteroatoms. The number of likely N-dealkylation sites (tertiary alicyclic amines) is 1. The summed E-state index contributed by atoms with van der Waals surface area (Å²) in [5.41, 5.74) is 5.35. The van der Waals surface area contributed by atoms with Crippen molar-refractivity contribution < 1.29 is 4.79 Å². The van der Waals surface area contributed by atoms with Crippen molar-refractivity contribution >= 4 is 5.91 Å². The van der Waals surface area contributed by atoms with E-state index in [0.29, 0.717) is 0 Å². The quantitative estimate of drug-likeness (QED) is 0.792. The van der Waals surface area contributed by atoms with Gasteiger partial charge in [-0.2, -0.15) is 0 Å². The van der Waals surface area contributed by atoms with Gasteiger partial charge in [0, 0.05) is 13.1 Å². The Bertz CT molecular complexity index is 254. The van der Waals surface area contributed by atoms with Crippen LogP contribution >= 0.6 is 0 Å². The lowest BCUT2D eigenvalue weighted by atomic mass is 9.80. The summed E-state index contributed by atoms with van der Waals surface area (Å²) in [7, 11) is 0. The van der Waals surface area contributed by atoms with Gasteiger partial charge in [-0.15, -0.1) is 0 Å². The molecule has 0 bridgehead atoms. The van der Waals surface area contributed by atoms with E-state index in [1.54, 1.807) is 0 Å². The zero-order valence-corrected chi connectivity index (χ0v) is 10.3. The van der Waals surface area contributed by atoms with E-state index in [2.05, 4.69) is 11.8 Å². The SMILES string of the molecule is C[C@@H]1CCCC[C@H]1CN1CC[C@@H](C(N)=O)C1. The molecular weight excluding hydrogens is 200 g/mol. The van der Waals surface area contributed by atoms with Gasteiger partial charge in [-0.1, -0.05) is 26.2 Å². The molecule has 1 heterocycles. The van der Waals surface area contributed by atoms with Crippen LogP contribution in [-0.2, 0) is 4.79 Å². The Labute approximate surface area is 98.4 Å². The molecule has 2 N–H and O–H groups in total. The summed E-state index contributed by atoms with van der Waals surface area (Å²) in [5, 5.41) is 0. The third-order valence-corrected chi connectivity index (χ3v) is 4.46. The van der Waals surface area contributed by atoms with Gasteiger partial charge in [0.25, 0.3) is 0 Å². The Kier molecular flexibility index (Phi) is 3.85. The summed E-state index contributed by atoms with van der Waals surface area (Å²) in [6.45, 7) is 5.53. The minimum atomic E-state index is -0.112. The van der Waals surface area contributed by atoms with Crippen LogP contribution in [0.5, 0.6) is 0 Å².